The van der Waals surface area contributed by atoms with Gasteiger partial charge in [-0.15, -0.1) is 0 Å². The zero-order chi connectivity index (χ0) is 46.2. The summed E-state index contributed by atoms with van der Waals surface area (Å²) in [4.78, 5) is 60.7. The number of imidazole rings is 1. The molecule has 0 saturated heterocycles. The van der Waals surface area contributed by atoms with E-state index in [9.17, 15) is 19.2 Å². The Kier molecular flexibility index (Phi) is 17.3. The number of carbonyl (C=O) groups is 4. The van der Waals surface area contributed by atoms with Crippen molar-refractivity contribution in [1.29, 1.82) is 0 Å². The van der Waals surface area contributed by atoms with E-state index >= 15 is 0 Å². The number of anilines is 3. The smallest absolute Gasteiger partial charge is 0.412 e. The number of benzene rings is 2. The predicted molar refractivity (Wildman–Crippen MR) is 252 cm³/mol. The summed E-state index contributed by atoms with van der Waals surface area (Å²) in [6.45, 7) is 15.0. The van der Waals surface area contributed by atoms with Crippen LogP contribution in [-0.2, 0) is 24.4 Å². The van der Waals surface area contributed by atoms with Gasteiger partial charge in [-0.2, -0.15) is 22.0 Å². The summed E-state index contributed by atoms with van der Waals surface area (Å²) in [6.07, 6.45) is 14.5. The lowest BCUT2D eigenvalue weighted by atomic mass is 10.1. The monoisotopic (exact) mass is 895 g/mol. The normalized spacial score (nSPS) is 11.5. The molecule has 0 unspecified atom stereocenters. The highest BCUT2D eigenvalue weighted by atomic mass is 32.2. The number of hydrogen-bond donors (Lipinski definition) is 3. The van der Waals surface area contributed by atoms with Crippen molar-refractivity contribution in [3.8, 4) is 11.5 Å². The van der Waals surface area contributed by atoms with E-state index in [1.54, 1.807) is 91.5 Å². The second-order valence-corrected chi connectivity index (χ2v) is 16.3. The standard InChI is InChI=1S/C45H57N11O7S/c1-9-56-37(21-31(2)52-56)42(59)48-30-53(15-10-11-17-55-41-36(51-43(55)47-7)23-33(29-58)25-39(41)62-19-14-20-64-8)40-35(46-6)22-32(28-57)24-38(40)61-18-13-12-16-54-27-34(26-49-54)50-44(60)63-45(3,4)5/h10-13,21-29H,6,9,14-20,30H2,1-5,7-8H3,(H,47,51)(H,48,59)(H,50,60)/b11-10+,13-12+. The van der Waals surface area contributed by atoms with E-state index in [0.717, 1.165) is 24.0 Å². The van der Waals surface area contributed by atoms with Gasteiger partial charge in [-0.25, -0.2) is 9.78 Å². The summed E-state index contributed by atoms with van der Waals surface area (Å²) in [6, 6.07) is 8.42. The highest BCUT2D eigenvalue weighted by Crippen LogP contribution is 2.39. The van der Waals surface area contributed by atoms with Crippen LogP contribution in [0, 0.1) is 6.92 Å². The Labute approximate surface area is 377 Å². The lowest BCUT2D eigenvalue weighted by Gasteiger charge is -2.27. The third-order valence-electron chi connectivity index (χ3n) is 9.36. The van der Waals surface area contributed by atoms with E-state index in [1.165, 1.54) is 6.20 Å². The number of aldehydes is 2. The molecule has 0 bridgehead atoms. The third-order valence-corrected chi connectivity index (χ3v) is 10.1. The molecule has 0 aliphatic rings. The van der Waals surface area contributed by atoms with Crippen molar-refractivity contribution in [2.45, 2.75) is 66.3 Å². The van der Waals surface area contributed by atoms with Gasteiger partial charge in [0.2, 0.25) is 5.95 Å². The Morgan fingerprint density at radius 3 is 2.45 bits per heavy atom. The lowest BCUT2D eigenvalue weighted by Crippen LogP contribution is -2.39. The molecule has 0 radical (unpaired) electrons. The van der Waals surface area contributed by atoms with Crippen molar-refractivity contribution in [3.05, 3.63) is 89.5 Å². The van der Waals surface area contributed by atoms with Crippen LogP contribution in [0.1, 0.15) is 71.0 Å². The number of amides is 2. The summed E-state index contributed by atoms with van der Waals surface area (Å²) in [5, 5.41) is 17.6. The molecule has 3 aromatic heterocycles. The van der Waals surface area contributed by atoms with Gasteiger partial charge >= 0.3 is 6.09 Å². The van der Waals surface area contributed by atoms with Crippen LogP contribution in [0.3, 0.4) is 0 Å². The molecule has 3 N–H and O–H groups in total. The third kappa shape index (κ3) is 13.1. The van der Waals surface area contributed by atoms with Crippen LogP contribution in [0.25, 0.3) is 11.0 Å². The Hall–Kier alpha value is -6.89. The molecule has 5 aromatic rings. The van der Waals surface area contributed by atoms with Crippen LogP contribution in [-0.4, -0.2) is 111 Å². The van der Waals surface area contributed by atoms with Crippen molar-refractivity contribution in [3.63, 3.8) is 0 Å². The molecule has 19 heteroatoms. The Morgan fingerprint density at radius 2 is 1.75 bits per heavy atom. The maximum absolute atomic E-state index is 13.6. The van der Waals surface area contributed by atoms with Gasteiger partial charge < -0.3 is 34.3 Å². The summed E-state index contributed by atoms with van der Waals surface area (Å²) in [7, 11) is 1.78. The number of aromatic nitrogens is 6. The Bertz CT molecular complexity index is 2480. The number of ether oxygens (including phenoxy) is 3. The summed E-state index contributed by atoms with van der Waals surface area (Å²) in [5.74, 6) is 2.09. The summed E-state index contributed by atoms with van der Waals surface area (Å²) in [5.41, 5.74) is 3.99. The predicted octanol–water partition coefficient (Wildman–Crippen LogP) is 7.32. The first-order valence-electron chi connectivity index (χ1n) is 20.7. The number of carbonyl (C=O) groups excluding carboxylic acids is 4. The average Bonchev–Trinajstić information content (AvgIpc) is 3.99. The molecule has 0 aliphatic carbocycles. The number of hydrogen-bond acceptors (Lipinski definition) is 14. The number of allylic oxidation sites excluding steroid dienone is 2. The molecule has 2 amide bonds. The molecule has 0 aliphatic heterocycles. The van der Waals surface area contributed by atoms with Crippen LogP contribution in [0.4, 0.5) is 27.8 Å². The van der Waals surface area contributed by atoms with Crippen LogP contribution in [0.2, 0.25) is 0 Å². The van der Waals surface area contributed by atoms with Crippen molar-refractivity contribution in [1.82, 2.24) is 34.4 Å². The molecule has 340 valence electrons. The lowest BCUT2D eigenvalue weighted by molar-refractivity contribution is 0.0635. The number of thioether (sulfide) groups is 1. The molecule has 0 atom stereocenters. The van der Waals surface area contributed by atoms with E-state index < -0.39 is 11.7 Å². The average molecular weight is 896 g/mol. The molecule has 0 fully saturated rings. The highest BCUT2D eigenvalue weighted by Gasteiger charge is 2.22. The van der Waals surface area contributed by atoms with Crippen molar-refractivity contribution >= 4 is 77.1 Å². The summed E-state index contributed by atoms with van der Waals surface area (Å²) >= 11 is 1.74. The van der Waals surface area contributed by atoms with Crippen LogP contribution in [0.5, 0.6) is 11.5 Å². The number of nitrogens with one attached hydrogen (secondary N) is 3. The first kappa shape index (κ1) is 48.1. The van der Waals surface area contributed by atoms with E-state index in [-0.39, 0.29) is 25.7 Å². The number of rotatable bonds is 24. The molecule has 3 heterocycles. The van der Waals surface area contributed by atoms with Crippen LogP contribution >= 0.6 is 11.8 Å². The minimum atomic E-state index is -0.637. The molecule has 5 rings (SSSR count). The number of aliphatic imine (C=N–C) groups is 1. The van der Waals surface area contributed by atoms with E-state index in [1.807, 2.05) is 47.8 Å². The van der Waals surface area contributed by atoms with Crippen molar-refractivity contribution < 1.29 is 33.4 Å². The molecule has 0 spiro atoms. The first-order valence-corrected chi connectivity index (χ1v) is 22.1. The van der Waals surface area contributed by atoms with Crippen LogP contribution in [0.15, 0.2) is 72.0 Å². The quantitative estimate of drug-likeness (QED) is 0.0183. The first-order chi connectivity index (χ1) is 30.8. The van der Waals surface area contributed by atoms with Crippen molar-refractivity contribution in [2.75, 3.05) is 61.0 Å². The largest absolute Gasteiger partial charge is 0.491 e. The zero-order valence-corrected chi connectivity index (χ0v) is 38.2. The highest BCUT2D eigenvalue weighted by molar-refractivity contribution is 7.98. The molecule has 18 nitrogen and oxygen atoms in total. The van der Waals surface area contributed by atoms with Crippen LogP contribution < -0.4 is 30.3 Å². The van der Waals surface area contributed by atoms with Gasteiger partial charge in [-0.1, -0.05) is 18.2 Å². The van der Waals surface area contributed by atoms with E-state index in [2.05, 4.69) is 37.9 Å². The molecule has 2 aromatic carbocycles. The van der Waals surface area contributed by atoms with Crippen molar-refractivity contribution in [2.24, 2.45) is 4.99 Å². The molecular formula is C45H57N11O7S. The maximum atomic E-state index is 13.6. The van der Waals surface area contributed by atoms with E-state index in [0.29, 0.717) is 95.1 Å². The van der Waals surface area contributed by atoms with E-state index in [4.69, 9.17) is 19.2 Å². The van der Waals surface area contributed by atoms with Gasteiger partial charge in [0.25, 0.3) is 5.91 Å². The fraction of sp³-hybridized carbons (Fsp3) is 0.378. The van der Waals surface area contributed by atoms with Gasteiger partial charge in [0.05, 0.1) is 48.6 Å². The Morgan fingerprint density at radius 1 is 1.00 bits per heavy atom. The zero-order valence-electron chi connectivity index (χ0n) is 37.4. The maximum Gasteiger partial charge on any atom is 0.412 e. The van der Waals surface area contributed by atoms with Gasteiger partial charge in [0, 0.05) is 44.0 Å². The summed E-state index contributed by atoms with van der Waals surface area (Å²) < 4.78 is 23.1. The second-order valence-electron chi connectivity index (χ2n) is 15.4. The SMILES string of the molecule is C=Nc1cc(C=O)cc(OC/C=C/Cn2cc(NC(=O)OC(C)(C)C)cn2)c1N(C/C=C/Cn1c(NC)nc2cc(C=O)cc(OCCCSC)c21)CNC(=O)c1cc(C)nn1CC. The molecule has 64 heavy (non-hydrogen) atoms. The minimum absolute atomic E-state index is 0.0174. The fourth-order valence-electron chi connectivity index (χ4n) is 6.59. The number of nitrogens with zero attached hydrogens (tertiary/aromatic N) is 8. The number of aryl methyl sites for hydroxylation is 2. The fourth-order valence-corrected chi connectivity index (χ4v) is 7.00. The Balaban J connectivity index is 1.41. The molecule has 0 saturated carbocycles. The minimum Gasteiger partial charge on any atom is -0.491 e. The second kappa shape index (κ2) is 23.0. The molecular weight excluding hydrogens is 839 g/mol. The van der Waals surface area contributed by atoms with Gasteiger partial charge in [0.15, 0.2) is 0 Å². The topological polar surface area (TPSA) is 201 Å². The van der Waals surface area contributed by atoms with Gasteiger partial charge in [0.1, 0.15) is 53.2 Å². The van der Waals surface area contributed by atoms with Gasteiger partial charge in [-0.3, -0.25) is 34.1 Å². The number of fused-ring (bicyclic) bond motifs is 1. The van der Waals surface area contributed by atoms with Gasteiger partial charge in [-0.05, 0) is 96.2 Å².